The Morgan fingerprint density at radius 3 is 2.35 bits per heavy atom. The summed E-state index contributed by atoms with van der Waals surface area (Å²) in [5.41, 5.74) is 4.70. The number of aliphatic hydroxyl groups is 2. The van der Waals surface area contributed by atoms with Gasteiger partial charge in [0.05, 0.1) is 6.61 Å². The van der Waals surface area contributed by atoms with Gasteiger partial charge < -0.3 is 15.1 Å². The molecule has 3 aliphatic rings. The van der Waals surface area contributed by atoms with Gasteiger partial charge >= 0.3 is 0 Å². The van der Waals surface area contributed by atoms with Crippen molar-refractivity contribution < 1.29 is 10.2 Å². The van der Waals surface area contributed by atoms with Crippen LogP contribution in [0.3, 0.4) is 0 Å². The van der Waals surface area contributed by atoms with Crippen LogP contribution in [-0.4, -0.2) is 41.4 Å². The molecule has 0 amide bonds. The molecule has 26 heavy (non-hydrogen) atoms. The maximum absolute atomic E-state index is 9.71. The van der Waals surface area contributed by atoms with Crippen LogP contribution in [0, 0.1) is 11.8 Å². The minimum Gasteiger partial charge on any atom is -0.396 e. The van der Waals surface area contributed by atoms with Crippen LogP contribution in [0.25, 0.3) is 11.1 Å². The van der Waals surface area contributed by atoms with Gasteiger partial charge in [-0.3, -0.25) is 0 Å². The summed E-state index contributed by atoms with van der Waals surface area (Å²) in [7, 11) is 0. The van der Waals surface area contributed by atoms with Gasteiger partial charge in [-0.05, 0) is 72.4 Å². The van der Waals surface area contributed by atoms with Crippen molar-refractivity contribution in [3.05, 3.63) is 59.7 Å². The quantitative estimate of drug-likeness (QED) is 0.835. The summed E-state index contributed by atoms with van der Waals surface area (Å²) in [6.07, 6.45) is 3.48. The van der Waals surface area contributed by atoms with Crippen molar-refractivity contribution in [1.29, 1.82) is 0 Å². The summed E-state index contributed by atoms with van der Waals surface area (Å²) >= 11 is 0. The Hall–Kier alpha value is -1.68. The van der Waals surface area contributed by atoms with E-state index in [-0.39, 0.29) is 13.2 Å². The summed E-state index contributed by atoms with van der Waals surface area (Å²) in [6, 6.07) is 17.0. The van der Waals surface area contributed by atoms with Crippen molar-refractivity contribution in [2.24, 2.45) is 11.8 Å². The van der Waals surface area contributed by atoms with Gasteiger partial charge in [-0.15, -0.1) is 0 Å². The number of nitrogens with zero attached hydrogens (tertiary/aromatic N) is 1. The molecule has 5 rings (SSSR count). The SMILES string of the molecule is OCCC(c1cccc(-c2ccc(CO)cc2)c1)C1CN2CCC1CC2. The monoisotopic (exact) mass is 351 g/mol. The highest BCUT2D eigenvalue weighted by Crippen LogP contribution is 2.43. The molecule has 3 heteroatoms. The summed E-state index contributed by atoms with van der Waals surface area (Å²) < 4.78 is 0. The molecule has 3 nitrogen and oxygen atoms in total. The fraction of sp³-hybridized carbons (Fsp3) is 0.478. The third-order valence-electron chi connectivity index (χ3n) is 6.45. The molecule has 0 aliphatic carbocycles. The summed E-state index contributed by atoms with van der Waals surface area (Å²) in [4.78, 5) is 2.60. The molecule has 3 fully saturated rings. The average Bonchev–Trinajstić information content (AvgIpc) is 2.73. The number of fused-ring (bicyclic) bond motifs is 3. The van der Waals surface area contributed by atoms with Crippen molar-refractivity contribution >= 4 is 0 Å². The van der Waals surface area contributed by atoms with E-state index in [1.807, 2.05) is 12.1 Å². The third kappa shape index (κ3) is 3.57. The predicted octanol–water partition coefficient (Wildman–Crippen LogP) is 3.65. The van der Waals surface area contributed by atoms with Gasteiger partial charge in [0.15, 0.2) is 0 Å². The Labute approximate surface area is 156 Å². The van der Waals surface area contributed by atoms with Gasteiger partial charge in [-0.25, -0.2) is 0 Å². The van der Waals surface area contributed by atoms with Crippen molar-refractivity contribution in [1.82, 2.24) is 4.90 Å². The topological polar surface area (TPSA) is 43.7 Å². The van der Waals surface area contributed by atoms with E-state index in [1.165, 1.54) is 49.2 Å². The number of hydrogen-bond donors (Lipinski definition) is 2. The standard InChI is InChI=1S/C23H29NO2/c25-13-10-22(23-15-24-11-8-19(23)9-12-24)21-3-1-2-20(14-21)18-6-4-17(16-26)5-7-18/h1-7,14,19,22-23,25-26H,8-13,15-16H2. The molecule has 138 valence electrons. The molecule has 3 heterocycles. The first kappa shape index (κ1) is 17.7. The maximum Gasteiger partial charge on any atom is 0.0681 e. The van der Waals surface area contributed by atoms with Gasteiger partial charge in [0.1, 0.15) is 0 Å². The molecular weight excluding hydrogens is 322 g/mol. The number of benzene rings is 2. The highest BCUT2D eigenvalue weighted by molar-refractivity contribution is 5.64. The molecule has 0 aromatic heterocycles. The Morgan fingerprint density at radius 1 is 0.962 bits per heavy atom. The molecule has 0 radical (unpaired) electrons. The summed E-state index contributed by atoms with van der Waals surface area (Å²) in [5.74, 6) is 1.91. The number of aliphatic hydroxyl groups excluding tert-OH is 2. The predicted molar refractivity (Wildman–Crippen MR) is 105 cm³/mol. The normalized spacial score (nSPS) is 26.0. The van der Waals surface area contributed by atoms with Crippen LogP contribution in [0.1, 0.15) is 36.3 Å². The van der Waals surface area contributed by atoms with Crippen LogP contribution in [-0.2, 0) is 6.61 Å². The third-order valence-corrected chi connectivity index (χ3v) is 6.45. The first-order valence-corrected chi connectivity index (χ1v) is 9.92. The van der Waals surface area contributed by atoms with Crippen LogP contribution in [0.15, 0.2) is 48.5 Å². The molecule has 2 aromatic rings. The fourth-order valence-electron chi connectivity index (χ4n) is 4.99. The van der Waals surface area contributed by atoms with E-state index in [2.05, 4.69) is 41.3 Å². The zero-order valence-corrected chi connectivity index (χ0v) is 15.3. The van der Waals surface area contributed by atoms with E-state index in [1.54, 1.807) is 0 Å². The maximum atomic E-state index is 9.71. The second-order valence-electron chi connectivity index (χ2n) is 7.90. The van der Waals surface area contributed by atoms with Crippen molar-refractivity contribution in [3.8, 4) is 11.1 Å². The lowest BCUT2D eigenvalue weighted by atomic mass is 9.69. The van der Waals surface area contributed by atoms with Gasteiger partial charge in [-0.2, -0.15) is 0 Å². The second-order valence-corrected chi connectivity index (χ2v) is 7.90. The van der Waals surface area contributed by atoms with E-state index in [0.29, 0.717) is 11.8 Å². The van der Waals surface area contributed by atoms with E-state index < -0.39 is 0 Å². The molecule has 2 aromatic carbocycles. The highest BCUT2D eigenvalue weighted by Gasteiger charge is 2.38. The lowest BCUT2D eigenvalue weighted by Crippen LogP contribution is -2.49. The van der Waals surface area contributed by atoms with E-state index in [4.69, 9.17) is 0 Å². The molecule has 2 atom stereocenters. The lowest BCUT2D eigenvalue weighted by Gasteiger charge is -2.48. The van der Waals surface area contributed by atoms with E-state index in [0.717, 1.165) is 17.9 Å². The van der Waals surface area contributed by atoms with E-state index >= 15 is 0 Å². The van der Waals surface area contributed by atoms with Gasteiger partial charge in [0.25, 0.3) is 0 Å². The van der Waals surface area contributed by atoms with Crippen LogP contribution in [0.4, 0.5) is 0 Å². The molecule has 2 bridgehead atoms. The molecule has 3 aliphatic heterocycles. The van der Waals surface area contributed by atoms with E-state index in [9.17, 15) is 10.2 Å². The highest BCUT2D eigenvalue weighted by atomic mass is 16.3. The molecule has 0 spiro atoms. The van der Waals surface area contributed by atoms with Crippen molar-refractivity contribution in [2.75, 3.05) is 26.2 Å². The number of hydrogen-bond acceptors (Lipinski definition) is 3. The van der Waals surface area contributed by atoms with Crippen LogP contribution < -0.4 is 0 Å². The number of piperidine rings is 3. The van der Waals surface area contributed by atoms with Gasteiger partial charge in [-0.1, -0.05) is 48.5 Å². The summed E-state index contributed by atoms with van der Waals surface area (Å²) in [5, 5.41) is 18.9. The van der Waals surface area contributed by atoms with Crippen LogP contribution in [0.5, 0.6) is 0 Å². The summed E-state index contributed by atoms with van der Waals surface area (Å²) in [6.45, 7) is 4.03. The molecule has 0 saturated carbocycles. The first-order valence-electron chi connectivity index (χ1n) is 9.92. The minimum absolute atomic E-state index is 0.0818. The second kappa shape index (κ2) is 7.91. The Balaban J connectivity index is 1.62. The fourth-order valence-corrected chi connectivity index (χ4v) is 4.99. The molecule has 2 unspecified atom stereocenters. The first-order chi connectivity index (χ1) is 12.8. The molecular formula is C23H29NO2. The Kier molecular flexibility index (Phi) is 5.39. The smallest absolute Gasteiger partial charge is 0.0681 e. The van der Waals surface area contributed by atoms with Crippen molar-refractivity contribution in [2.45, 2.75) is 31.8 Å². The zero-order chi connectivity index (χ0) is 17.9. The Morgan fingerprint density at radius 2 is 1.73 bits per heavy atom. The largest absolute Gasteiger partial charge is 0.396 e. The Bertz CT molecular complexity index is 719. The molecule has 2 N–H and O–H groups in total. The molecule has 3 saturated heterocycles. The zero-order valence-electron chi connectivity index (χ0n) is 15.3. The van der Waals surface area contributed by atoms with Gasteiger partial charge in [0, 0.05) is 13.2 Å². The van der Waals surface area contributed by atoms with Crippen molar-refractivity contribution in [3.63, 3.8) is 0 Å². The van der Waals surface area contributed by atoms with Crippen LogP contribution >= 0.6 is 0 Å². The van der Waals surface area contributed by atoms with Crippen LogP contribution in [0.2, 0.25) is 0 Å². The minimum atomic E-state index is 0.0818. The van der Waals surface area contributed by atoms with Gasteiger partial charge in [0.2, 0.25) is 0 Å². The lowest BCUT2D eigenvalue weighted by molar-refractivity contribution is 0.0318. The number of rotatable bonds is 6. The average molecular weight is 351 g/mol.